The molecular formula is C34H39ClF3N3O5. The van der Waals surface area contributed by atoms with E-state index >= 15 is 0 Å². The van der Waals surface area contributed by atoms with Gasteiger partial charge in [0, 0.05) is 37.8 Å². The second-order valence-electron chi connectivity index (χ2n) is 12.6. The molecule has 2 unspecified atom stereocenters. The first-order valence-corrected chi connectivity index (χ1v) is 15.0. The Balaban J connectivity index is 0.00000480. The van der Waals surface area contributed by atoms with E-state index in [1.807, 2.05) is 36.4 Å². The standard InChI is InChI=1S/C34H38F3N3O5.ClH/c1-33(2,3)22-8-14-26(15-9-22)45-29(31(41)42)18-21-4-12-25(13-5-21)44-17-16-38-30-27-19-40(20-28(27)30)32(43)39-24-10-6-23(7-11-24)34(35,36)37;/h4-15,27-30,38H,16-20H2,1-3H3,(H,39,43)(H,41,42);1H/t27?,28?,29-,30?;/m0./s1. The Hall–Kier alpha value is -3.96. The van der Waals surface area contributed by atoms with Crippen LogP contribution in [0.1, 0.15) is 37.5 Å². The number of ether oxygens (including phenoxy) is 2. The number of hydrogen-bond donors (Lipinski definition) is 3. The molecule has 248 valence electrons. The second kappa shape index (κ2) is 14.2. The topological polar surface area (TPSA) is 100 Å². The predicted molar refractivity (Wildman–Crippen MR) is 171 cm³/mol. The number of nitrogens with zero attached hydrogens (tertiary/aromatic N) is 1. The lowest BCUT2D eigenvalue weighted by Crippen LogP contribution is -2.38. The fourth-order valence-corrected chi connectivity index (χ4v) is 5.65. The summed E-state index contributed by atoms with van der Waals surface area (Å²) in [6.07, 6.45) is -5.23. The van der Waals surface area contributed by atoms with Crippen LogP contribution in [-0.4, -0.2) is 60.4 Å². The molecule has 1 aliphatic heterocycles. The summed E-state index contributed by atoms with van der Waals surface area (Å²) in [5.74, 6) is 0.825. The largest absolute Gasteiger partial charge is 0.492 e. The van der Waals surface area contributed by atoms with Crippen molar-refractivity contribution in [1.82, 2.24) is 10.2 Å². The van der Waals surface area contributed by atoms with Gasteiger partial charge in [-0.2, -0.15) is 13.2 Å². The van der Waals surface area contributed by atoms with E-state index in [-0.39, 0.29) is 30.3 Å². The monoisotopic (exact) mass is 661 g/mol. The van der Waals surface area contributed by atoms with Gasteiger partial charge in [0.15, 0.2) is 6.10 Å². The Kier molecular flexibility index (Phi) is 10.8. The van der Waals surface area contributed by atoms with Gasteiger partial charge in [-0.25, -0.2) is 9.59 Å². The van der Waals surface area contributed by atoms with Crippen molar-refractivity contribution in [3.63, 3.8) is 0 Å². The number of nitrogens with one attached hydrogen (secondary N) is 2. The number of likely N-dealkylation sites (tertiary alicyclic amines) is 1. The summed E-state index contributed by atoms with van der Waals surface area (Å²) >= 11 is 0. The average Bonchev–Trinajstić information content (AvgIpc) is 3.42. The molecule has 1 saturated carbocycles. The van der Waals surface area contributed by atoms with Crippen molar-refractivity contribution in [1.29, 1.82) is 0 Å². The fraction of sp³-hybridized carbons (Fsp3) is 0.412. The van der Waals surface area contributed by atoms with Crippen LogP contribution < -0.4 is 20.1 Å². The van der Waals surface area contributed by atoms with E-state index in [2.05, 4.69) is 31.4 Å². The highest BCUT2D eigenvalue weighted by Gasteiger charge is 2.56. The highest BCUT2D eigenvalue weighted by Crippen LogP contribution is 2.45. The zero-order valence-electron chi connectivity index (χ0n) is 25.8. The zero-order valence-corrected chi connectivity index (χ0v) is 26.7. The maximum absolute atomic E-state index is 12.7. The molecule has 3 N–H and O–H groups in total. The lowest BCUT2D eigenvalue weighted by atomic mass is 9.87. The number of fused-ring (bicyclic) bond motifs is 1. The lowest BCUT2D eigenvalue weighted by molar-refractivity contribution is -0.145. The summed E-state index contributed by atoms with van der Waals surface area (Å²) < 4.78 is 49.9. The summed E-state index contributed by atoms with van der Waals surface area (Å²) in [4.78, 5) is 26.1. The third-order valence-electron chi connectivity index (χ3n) is 8.31. The fourth-order valence-electron chi connectivity index (χ4n) is 5.65. The van der Waals surface area contributed by atoms with Crippen LogP contribution in [0.15, 0.2) is 72.8 Å². The third-order valence-corrected chi connectivity index (χ3v) is 8.31. The predicted octanol–water partition coefficient (Wildman–Crippen LogP) is 6.63. The molecule has 8 nitrogen and oxygen atoms in total. The second-order valence-corrected chi connectivity index (χ2v) is 12.6. The average molecular weight is 662 g/mol. The maximum Gasteiger partial charge on any atom is 0.416 e. The first-order valence-electron chi connectivity index (χ1n) is 15.0. The molecule has 2 fully saturated rings. The number of benzene rings is 3. The molecule has 0 spiro atoms. The van der Waals surface area contributed by atoms with Crippen molar-refractivity contribution in [2.24, 2.45) is 11.8 Å². The van der Waals surface area contributed by atoms with Gasteiger partial charge >= 0.3 is 18.2 Å². The quantitative estimate of drug-likeness (QED) is 0.200. The molecule has 46 heavy (non-hydrogen) atoms. The van der Waals surface area contributed by atoms with Gasteiger partial charge < -0.3 is 30.1 Å². The number of aliphatic carboxylic acids is 1. The Morgan fingerprint density at radius 1 is 0.891 bits per heavy atom. The van der Waals surface area contributed by atoms with Crippen LogP contribution in [-0.2, 0) is 22.8 Å². The van der Waals surface area contributed by atoms with Gasteiger partial charge in [-0.05, 0) is 76.9 Å². The molecule has 2 amide bonds. The van der Waals surface area contributed by atoms with Gasteiger partial charge in [0.05, 0.1) is 5.56 Å². The molecule has 3 aromatic rings. The Morgan fingerprint density at radius 2 is 1.46 bits per heavy atom. The molecule has 0 aromatic heterocycles. The highest BCUT2D eigenvalue weighted by molar-refractivity contribution is 5.89. The minimum absolute atomic E-state index is 0. The molecule has 0 radical (unpaired) electrons. The van der Waals surface area contributed by atoms with E-state index in [1.54, 1.807) is 17.0 Å². The van der Waals surface area contributed by atoms with Gasteiger partial charge in [0.2, 0.25) is 0 Å². The Labute approximate surface area is 272 Å². The zero-order chi connectivity index (χ0) is 32.4. The number of carbonyl (C=O) groups is 2. The normalized spacial score (nSPS) is 19.4. The minimum atomic E-state index is -4.42. The van der Waals surface area contributed by atoms with Gasteiger partial charge in [-0.1, -0.05) is 45.0 Å². The van der Waals surface area contributed by atoms with Gasteiger partial charge in [0.1, 0.15) is 18.1 Å². The first kappa shape index (κ1) is 34.9. The molecule has 3 aromatic carbocycles. The number of rotatable bonds is 11. The van der Waals surface area contributed by atoms with E-state index in [1.165, 1.54) is 12.1 Å². The van der Waals surface area contributed by atoms with Crippen molar-refractivity contribution < 1.29 is 37.3 Å². The van der Waals surface area contributed by atoms with Crippen LogP contribution in [0.25, 0.3) is 0 Å². The number of amides is 2. The van der Waals surface area contributed by atoms with Crippen molar-refractivity contribution in [3.8, 4) is 11.5 Å². The van der Waals surface area contributed by atoms with Crippen molar-refractivity contribution in [3.05, 3.63) is 89.5 Å². The number of carboxylic acid groups (broad SMARTS) is 1. The van der Waals surface area contributed by atoms with E-state index in [4.69, 9.17) is 9.47 Å². The van der Waals surface area contributed by atoms with E-state index in [0.717, 1.165) is 23.3 Å². The number of piperidine rings is 1. The van der Waals surface area contributed by atoms with Crippen LogP contribution in [0.3, 0.4) is 0 Å². The Morgan fingerprint density at radius 3 is 2.00 bits per heavy atom. The van der Waals surface area contributed by atoms with Gasteiger partial charge in [-0.3, -0.25) is 0 Å². The first-order chi connectivity index (χ1) is 21.3. The van der Waals surface area contributed by atoms with Gasteiger partial charge in [0.25, 0.3) is 0 Å². The molecule has 1 saturated heterocycles. The molecule has 1 aliphatic carbocycles. The molecule has 12 heteroatoms. The number of halogens is 4. The summed E-state index contributed by atoms with van der Waals surface area (Å²) in [6.45, 7) is 8.58. The van der Waals surface area contributed by atoms with E-state index in [0.29, 0.717) is 61.3 Å². The molecule has 2 aliphatic rings. The highest BCUT2D eigenvalue weighted by atomic mass is 35.5. The van der Waals surface area contributed by atoms with Crippen LogP contribution in [0.4, 0.5) is 23.7 Å². The number of anilines is 1. The van der Waals surface area contributed by atoms with Crippen molar-refractivity contribution in [2.75, 3.05) is 31.6 Å². The van der Waals surface area contributed by atoms with Crippen LogP contribution >= 0.6 is 12.4 Å². The van der Waals surface area contributed by atoms with Crippen molar-refractivity contribution >= 4 is 30.1 Å². The van der Waals surface area contributed by atoms with Gasteiger partial charge in [-0.15, -0.1) is 12.4 Å². The maximum atomic E-state index is 12.7. The number of alkyl halides is 3. The molecule has 1 heterocycles. The minimum Gasteiger partial charge on any atom is -0.492 e. The Bertz CT molecular complexity index is 1470. The number of carboxylic acids is 1. The van der Waals surface area contributed by atoms with E-state index in [9.17, 15) is 27.9 Å². The van der Waals surface area contributed by atoms with E-state index < -0.39 is 23.8 Å². The van der Waals surface area contributed by atoms with Crippen molar-refractivity contribution in [2.45, 2.75) is 50.9 Å². The van der Waals surface area contributed by atoms with Crippen LogP contribution in [0, 0.1) is 11.8 Å². The third kappa shape index (κ3) is 8.85. The number of urea groups is 1. The smallest absolute Gasteiger partial charge is 0.416 e. The number of carbonyl (C=O) groups excluding carboxylic acids is 1. The molecular weight excluding hydrogens is 623 g/mol. The molecule has 3 atom stereocenters. The summed E-state index contributed by atoms with van der Waals surface area (Å²) in [5, 5.41) is 15.8. The molecule has 5 rings (SSSR count). The summed E-state index contributed by atoms with van der Waals surface area (Å²) in [7, 11) is 0. The SMILES string of the molecule is CC(C)(C)c1ccc(O[C@@H](Cc2ccc(OCCNC3C4CN(C(=O)Nc5ccc(C(F)(F)F)cc5)CC43)cc2)C(=O)O)cc1.Cl. The van der Waals surface area contributed by atoms with Crippen LogP contribution in [0.2, 0.25) is 0 Å². The lowest BCUT2D eigenvalue weighted by Gasteiger charge is -2.21. The molecule has 0 bridgehead atoms. The van der Waals surface area contributed by atoms with Crippen LogP contribution in [0.5, 0.6) is 11.5 Å². The number of hydrogen-bond acceptors (Lipinski definition) is 5. The summed E-state index contributed by atoms with van der Waals surface area (Å²) in [6, 6.07) is 19.2. The summed E-state index contributed by atoms with van der Waals surface area (Å²) in [5.41, 5.74) is 1.52.